The van der Waals surface area contributed by atoms with Crippen LogP contribution in [0.5, 0.6) is 5.75 Å². The molecule has 0 saturated carbocycles. The van der Waals surface area contributed by atoms with Gasteiger partial charge in [-0.3, -0.25) is 0 Å². The maximum Gasteiger partial charge on any atom is 0.404 e. The summed E-state index contributed by atoms with van der Waals surface area (Å²) in [5, 5.41) is 22.9. The summed E-state index contributed by atoms with van der Waals surface area (Å²) in [6.45, 7) is 3.93. The van der Waals surface area contributed by atoms with Crippen molar-refractivity contribution in [2.24, 2.45) is 5.92 Å². The lowest BCUT2D eigenvalue weighted by atomic mass is 9.98. The van der Waals surface area contributed by atoms with Crippen LogP contribution in [0.15, 0.2) is 59.5 Å². The summed E-state index contributed by atoms with van der Waals surface area (Å²) in [7, 11) is -2.61. The standard InChI is InChI=1S/C23H32N2O6S/c1-18(2)13-16-25(32(29,30)21-11-9-20(31-3)10-12-21)23(28,14-15-24-22(26)27)17-19-7-5-4-6-8-19/h4-12,18,24,28H,13-17H2,1-3H3,(H,26,27). The molecule has 0 bridgehead atoms. The smallest absolute Gasteiger partial charge is 0.404 e. The Labute approximate surface area is 189 Å². The molecular weight excluding hydrogens is 432 g/mol. The van der Waals surface area contributed by atoms with E-state index in [2.05, 4.69) is 5.32 Å². The van der Waals surface area contributed by atoms with Gasteiger partial charge in [0.1, 0.15) is 11.5 Å². The molecular formula is C23H32N2O6S. The van der Waals surface area contributed by atoms with Gasteiger partial charge in [-0.1, -0.05) is 44.2 Å². The summed E-state index contributed by atoms with van der Waals surface area (Å²) >= 11 is 0. The number of nitrogens with zero attached hydrogens (tertiary/aromatic N) is 1. The Balaban J connectivity index is 2.50. The highest BCUT2D eigenvalue weighted by Gasteiger charge is 2.42. The predicted octanol–water partition coefficient (Wildman–Crippen LogP) is 3.32. The summed E-state index contributed by atoms with van der Waals surface area (Å²) in [6, 6.07) is 15.0. The zero-order valence-electron chi connectivity index (χ0n) is 18.7. The topological polar surface area (TPSA) is 116 Å². The largest absolute Gasteiger partial charge is 0.497 e. The van der Waals surface area contributed by atoms with Crippen LogP contribution < -0.4 is 10.1 Å². The van der Waals surface area contributed by atoms with Crippen molar-refractivity contribution in [1.82, 2.24) is 9.62 Å². The van der Waals surface area contributed by atoms with E-state index in [1.165, 1.54) is 19.2 Å². The summed E-state index contributed by atoms with van der Waals surface area (Å²) in [5.41, 5.74) is -1.10. The van der Waals surface area contributed by atoms with Gasteiger partial charge in [0, 0.05) is 25.9 Å². The van der Waals surface area contributed by atoms with Gasteiger partial charge in [0.25, 0.3) is 0 Å². The van der Waals surface area contributed by atoms with Gasteiger partial charge in [0.15, 0.2) is 0 Å². The van der Waals surface area contributed by atoms with E-state index in [0.29, 0.717) is 12.2 Å². The van der Waals surface area contributed by atoms with E-state index in [4.69, 9.17) is 9.84 Å². The van der Waals surface area contributed by atoms with E-state index < -0.39 is 21.8 Å². The lowest BCUT2D eigenvalue weighted by Crippen LogP contribution is -2.55. The molecule has 9 heteroatoms. The van der Waals surface area contributed by atoms with Crippen LogP contribution in [-0.2, 0) is 16.4 Å². The van der Waals surface area contributed by atoms with Gasteiger partial charge in [-0.15, -0.1) is 0 Å². The van der Waals surface area contributed by atoms with E-state index in [-0.39, 0.29) is 36.7 Å². The molecule has 176 valence electrons. The molecule has 0 saturated heterocycles. The van der Waals surface area contributed by atoms with E-state index in [9.17, 15) is 18.3 Å². The lowest BCUT2D eigenvalue weighted by molar-refractivity contribution is -0.0675. The van der Waals surface area contributed by atoms with Gasteiger partial charge in [-0.2, -0.15) is 4.31 Å². The molecule has 2 rings (SSSR count). The van der Waals surface area contributed by atoms with Crippen molar-refractivity contribution in [1.29, 1.82) is 0 Å². The summed E-state index contributed by atoms with van der Waals surface area (Å²) < 4.78 is 33.6. The Kier molecular flexibility index (Phi) is 9.06. The number of carboxylic acid groups (broad SMARTS) is 1. The van der Waals surface area contributed by atoms with Crippen LogP contribution in [0, 0.1) is 5.92 Å². The molecule has 0 fully saturated rings. The Bertz CT molecular complexity index is 964. The highest BCUT2D eigenvalue weighted by Crippen LogP contribution is 2.31. The Morgan fingerprint density at radius 3 is 2.28 bits per heavy atom. The number of nitrogens with one attached hydrogen (secondary N) is 1. The molecule has 32 heavy (non-hydrogen) atoms. The fraction of sp³-hybridized carbons (Fsp3) is 0.435. The molecule has 8 nitrogen and oxygen atoms in total. The normalized spacial score (nSPS) is 13.7. The van der Waals surface area contributed by atoms with Crippen LogP contribution in [0.25, 0.3) is 0 Å². The second-order valence-corrected chi connectivity index (χ2v) is 9.92. The van der Waals surface area contributed by atoms with Gasteiger partial charge in [0.2, 0.25) is 10.0 Å². The fourth-order valence-electron chi connectivity index (χ4n) is 3.40. The van der Waals surface area contributed by atoms with Crippen molar-refractivity contribution >= 4 is 16.1 Å². The summed E-state index contributed by atoms with van der Waals surface area (Å²) in [6.07, 6.45) is -0.804. The minimum Gasteiger partial charge on any atom is -0.497 e. The number of rotatable bonds is 12. The van der Waals surface area contributed by atoms with Crippen LogP contribution in [0.2, 0.25) is 0 Å². The third kappa shape index (κ3) is 6.94. The Hall–Kier alpha value is -2.62. The number of methoxy groups -OCH3 is 1. The molecule has 0 aromatic heterocycles. The Morgan fingerprint density at radius 1 is 1.12 bits per heavy atom. The quantitative estimate of drug-likeness (QED) is 0.415. The molecule has 0 aliphatic rings. The zero-order valence-corrected chi connectivity index (χ0v) is 19.5. The monoisotopic (exact) mass is 464 g/mol. The minimum atomic E-state index is -4.10. The second kappa shape index (κ2) is 11.3. The number of ether oxygens (including phenoxy) is 1. The molecule has 2 aromatic carbocycles. The first-order valence-electron chi connectivity index (χ1n) is 10.5. The van der Waals surface area contributed by atoms with Crippen molar-refractivity contribution in [2.75, 3.05) is 20.2 Å². The first-order chi connectivity index (χ1) is 15.1. The first-order valence-corrected chi connectivity index (χ1v) is 11.9. The van der Waals surface area contributed by atoms with Crippen LogP contribution in [0.3, 0.4) is 0 Å². The third-order valence-electron chi connectivity index (χ3n) is 5.15. The molecule has 1 unspecified atom stereocenters. The van der Waals surface area contributed by atoms with E-state index in [0.717, 1.165) is 9.87 Å². The van der Waals surface area contributed by atoms with Gasteiger partial charge in [-0.05, 0) is 42.2 Å². The molecule has 0 heterocycles. The van der Waals surface area contributed by atoms with Gasteiger partial charge < -0.3 is 20.3 Å². The van der Waals surface area contributed by atoms with Gasteiger partial charge >= 0.3 is 6.09 Å². The summed E-state index contributed by atoms with van der Waals surface area (Å²) in [5.74, 6) is 0.713. The van der Waals surface area contributed by atoms with Crippen molar-refractivity contribution in [3.63, 3.8) is 0 Å². The van der Waals surface area contributed by atoms with Gasteiger partial charge in [-0.25, -0.2) is 13.2 Å². The number of amides is 1. The van der Waals surface area contributed by atoms with Crippen LogP contribution >= 0.6 is 0 Å². The highest BCUT2D eigenvalue weighted by molar-refractivity contribution is 7.89. The molecule has 0 aliphatic carbocycles. The molecule has 0 spiro atoms. The number of carbonyl (C=O) groups is 1. The summed E-state index contributed by atoms with van der Waals surface area (Å²) in [4.78, 5) is 11.0. The molecule has 1 amide bonds. The molecule has 2 aromatic rings. The zero-order chi connectivity index (χ0) is 23.8. The van der Waals surface area contributed by atoms with Crippen LogP contribution in [-0.4, -0.2) is 55.0 Å². The minimum absolute atomic E-state index is 0.0165. The molecule has 1 atom stereocenters. The van der Waals surface area contributed by atoms with Crippen LogP contribution in [0.1, 0.15) is 32.3 Å². The number of hydrogen-bond donors (Lipinski definition) is 3. The number of sulfonamides is 1. The number of hydrogen-bond acceptors (Lipinski definition) is 5. The molecule has 0 radical (unpaired) electrons. The van der Waals surface area contributed by atoms with Crippen LogP contribution in [0.4, 0.5) is 4.79 Å². The average molecular weight is 465 g/mol. The van der Waals surface area contributed by atoms with Crippen molar-refractivity contribution < 1.29 is 28.2 Å². The average Bonchev–Trinajstić information content (AvgIpc) is 2.74. The van der Waals surface area contributed by atoms with E-state index >= 15 is 0 Å². The molecule has 3 N–H and O–H groups in total. The number of aliphatic hydroxyl groups is 1. The maximum atomic E-state index is 13.7. The lowest BCUT2D eigenvalue weighted by Gasteiger charge is -2.39. The van der Waals surface area contributed by atoms with Crippen molar-refractivity contribution in [3.05, 3.63) is 60.2 Å². The van der Waals surface area contributed by atoms with E-state index in [1.54, 1.807) is 24.3 Å². The molecule has 0 aliphatic heterocycles. The Morgan fingerprint density at radius 2 is 1.75 bits per heavy atom. The fourth-order valence-corrected chi connectivity index (χ4v) is 5.08. The third-order valence-corrected chi connectivity index (χ3v) is 7.12. The predicted molar refractivity (Wildman–Crippen MR) is 122 cm³/mol. The maximum absolute atomic E-state index is 13.7. The first kappa shape index (κ1) is 25.6. The van der Waals surface area contributed by atoms with Gasteiger partial charge in [0.05, 0.1) is 12.0 Å². The highest BCUT2D eigenvalue weighted by atomic mass is 32.2. The SMILES string of the molecule is COc1ccc(S(=O)(=O)N(CCC(C)C)C(O)(CCNC(=O)O)Cc2ccccc2)cc1. The number of benzene rings is 2. The second-order valence-electron chi connectivity index (χ2n) is 8.06. The van der Waals surface area contributed by atoms with Crippen molar-refractivity contribution in [2.45, 2.75) is 43.7 Å². The van der Waals surface area contributed by atoms with Crippen molar-refractivity contribution in [3.8, 4) is 5.75 Å². The van der Waals surface area contributed by atoms with E-state index in [1.807, 2.05) is 32.0 Å².